The van der Waals surface area contributed by atoms with E-state index in [1.807, 2.05) is 36.4 Å². The average molecular weight is 411 g/mol. The van der Waals surface area contributed by atoms with Crippen molar-refractivity contribution in [3.05, 3.63) is 53.9 Å². The Labute approximate surface area is 177 Å². The zero-order valence-electron chi connectivity index (χ0n) is 17.8. The Hall–Kier alpha value is -2.44. The number of ether oxygens (including phenoxy) is 2. The van der Waals surface area contributed by atoms with Gasteiger partial charge in [0.15, 0.2) is 11.4 Å². The number of allylic oxidation sites excluding steroid dienone is 1. The Morgan fingerprint density at radius 1 is 1.30 bits per heavy atom. The predicted molar refractivity (Wildman–Crippen MR) is 115 cm³/mol. The number of fused-ring (bicyclic) bond motifs is 1. The van der Waals surface area contributed by atoms with Crippen molar-refractivity contribution in [3.8, 4) is 0 Å². The minimum Gasteiger partial charge on any atom is -0.494 e. The maximum Gasteiger partial charge on any atom is 0.167 e. The molecule has 6 nitrogen and oxygen atoms in total. The Morgan fingerprint density at radius 2 is 2.10 bits per heavy atom. The van der Waals surface area contributed by atoms with Crippen LogP contribution in [-0.2, 0) is 14.3 Å². The number of aromatic nitrogens is 1. The Morgan fingerprint density at radius 3 is 2.80 bits per heavy atom. The molecule has 1 aromatic heterocycles. The number of nitrogens with zero attached hydrogens (tertiary/aromatic N) is 2. The molecule has 1 fully saturated rings. The van der Waals surface area contributed by atoms with Gasteiger partial charge in [0.1, 0.15) is 11.4 Å². The number of hydrogen-bond donors (Lipinski definition) is 0. The zero-order chi connectivity index (χ0) is 21.0. The molecule has 1 aliphatic carbocycles. The molecule has 2 aliphatic rings. The maximum absolute atomic E-state index is 11.8. The van der Waals surface area contributed by atoms with Crippen molar-refractivity contribution in [1.82, 2.24) is 10.1 Å². The van der Waals surface area contributed by atoms with E-state index in [1.165, 1.54) is 0 Å². The van der Waals surface area contributed by atoms with Gasteiger partial charge < -0.3 is 18.9 Å². The van der Waals surface area contributed by atoms with Crippen molar-refractivity contribution in [2.75, 3.05) is 33.4 Å². The monoisotopic (exact) mass is 410 g/mol. The van der Waals surface area contributed by atoms with Crippen LogP contribution in [0.3, 0.4) is 0 Å². The van der Waals surface area contributed by atoms with Crippen LogP contribution in [0, 0.1) is 0 Å². The highest BCUT2D eigenvalue weighted by Gasteiger charge is 2.33. The molecule has 0 radical (unpaired) electrons. The van der Waals surface area contributed by atoms with Gasteiger partial charge in [0.2, 0.25) is 0 Å². The van der Waals surface area contributed by atoms with E-state index in [4.69, 9.17) is 14.0 Å². The molecule has 1 aromatic carbocycles. The van der Waals surface area contributed by atoms with E-state index in [1.54, 1.807) is 14.0 Å². The highest BCUT2D eigenvalue weighted by molar-refractivity contribution is 5.88. The summed E-state index contributed by atoms with van der Waals surface area (Å²) in [5, 5.41) is 5.50. The standard InChI is InChI=1S/C24H30N2O4/c1-18(27)24(28-2)12-8-20(9-13-24)29-17-5-14-26-15-10-19(11-16-26)23-21-6-3-4-7-22(21)30-25-23/h3-4,6-9,12,19H,5,10-11,13-17H2,1-2H3. The molecule has 160 valence electrons. The molecule has 30 heavy (non-hydrogen) atoms. The van der Waals surface area contributed by atoms with Crippen molar-refractivity contribution in [2.45, 2.75) is 44.1 Å². The molecule has 1 atom stereocenters. The van der Waals surface area contributed by atoms with Crippen LogP contribution >= 0.6 is 0 Å². The lowest BCUT2D eigenvalue weighted by Crippen LogP contribution is -2.37. The number of para-hydroxylation sites is 1. The molecule has 0 spiro atoms. The number of benzene rings is 1. The first-order chi connectivity index (χ1) is 14.6. The summed E-state index contributed by atoms with van der Waals surface area (Å²) in [6.45, 7) is 5.40. The number of Topliss-reactive ketones (excluding diaryl/α,β-unsaturated/α-hetero) is 1. The SMILES string of the molecule is COC1(C(C)=O)C=CC(OCCCN2CCC(c3noc4ccccc34)CC2)=CC1. The van der Waals surface area contributed by atoms with Gasteiger partial charge in [-0.25, -0.2) is 0 Å². The number of methoxy groups -OCH3 is 1. The smallest absolute Gasteiger partial charge is 0.167 e. The van der Waals surface area contributed by atoms with Crippen LogP contribution in [-0.4, -0.2) is 54.8 Å². The van der Waals surface area contributed by atoms with E-state index >= 15 is 0 Å². The lowest BCUT2D eigenvalue weighted by Gasteiger charge is -2.31. The summed E-state index contributed by atoms with van der Waals surface area (Å²) in [6, 6.07) is 8.11. The van der Waals surface area contributed by atoms with Crippen LogP contribution in [0.4, 0.5) is 0 Å². The van der Waals surface area contributed by atoms with Crippen molar-refractivity contribution in [1.29, 1.82) is 0 Å². The largest absolute Gasteiger partial charge is 0.494 e. The van der Waals surface area contributed by atoms with E-state index in [9.17, 15) is 4.79 Å². The van der Waals surface area contributed by atoms with E-state index in [-0.39, 0.29) is 5.78 Å². The first kappa shape index (κ1) is 20.8. The van der Waals surface area contributed by atoms with Crippen LogP contribution < -0.4 is 0 Å². The Bertz CT molecular complexity index is 940. The second kappa shape index (κ2) is 9.14. The molecular formula is C24H30N2O4. The van der Waals surface area contributed by atoms with Gasteiger partial charge in [-0.05, 0) is 69.6 Å². The number of carbonyl (C=O) groups is 1. The van der Waals surface area contributed by atoms with Crippen molar-refractivity contribution in [2.24, 2.45) is 0 Å². The minimum atomic E-state index is -0.827. The number of rotatable bonds is 8. The summed E-state index contributed by atoms with van der Waals surface area (Å²) in [5.41, 5.74) is 1.17. The van der Waals surface area contributed by atoms with Crippen molar-refractivity contribution in [3.63, 3.8) is 0 Å². The van der Waals surface area contributed by atoms with Gasteiger partial charge in [0.25, 0.3) is 0 Å². The van der Waals surface area contributed by atoms with E-state index in [0.717, 1.165) is 61.3 Å². The Kier molecular flexibility index (Phi) is 6.35. The summed E-state index contributed by atoms with van der Waals surface area (Å²) in [4.78, 5) is 14.3. The van der Waals surface area contributed by atoms with Crippen LogP contribution in [0.5, 0.6) is 0 Å². The fourth-order valence-corrected chi connectivity index (χ4v) is 4.38. The predicted octanol–water partition coefficient (Wildman–Crippen LogP) is 4.23. The third kappa shape index (κ3) is 4.35. The molecule has 1 aliphatic heterocycles. The zero-order valence-corrected chi connectivity index (χ0v) is 17.8. The lowest BCUT2D eigenvalue weighted by molar-refractivity contribution is -0.133. The van der Waals surface area contributed by atoms with Crippen LogP contribution in [0.25, 0.3) is 11.0 Å². The third-order valence-electron chi connectivity index (χ3n) is 6.35. The highest BCUT2D eigenvalue weighted by atomic mass is 16.5. The topological polar surface area (TPSA) is 64.8 Å². The van der Waals surface area contributed by atoms with Gasteiger partial charge in [-0.2, -0.15) is 0 Å². The quantitative estimate of drug-likeness (QED) is 0.607. The number of ketones is 1. The number of likely N-dealkylation sites (tertiary alicyclic amines) is 1. The van der Waals surface area contributed by atoms with Crippen LogP contribution in [0.1, 0.15) is 44.2 Å². The molecule has 0 saturated carbocycles. The van der Waals surface area contributed by atoms with E-state index < -0.39 is 5.60 Å². The molecule has 2 heterocycles. The second-order valence-corrected chi connectivity index (χ2v) is 8.18. The molecule has 2 aromatic rings. The summed E-state index contributed by atoms with van der Waals surface area (Å²) in [6.07, 6.45) is 9.31. The first-order valence-electron chi connectivity index (χ1n) is 10.8. The molecule has 0 bridgehead atoms. The molecular weight excluding hydrogens is 380 g/mol. The third-order valence-corrected chi connectivity index (χ3v) is 6.35. The summed E-state index contributed by atoms with van der Waals surface area (Å²) < 4.78 is 16.8. The second-order valence-electron chi connectivity index (χ2n) is 8.18. The maximum atomic E-state index is 11.8. The van der Waals surface area contributed by atoms with Gasteiger partial charge in [-0.3, -0.25) is 4.79 Å². The first-order valence-corrected chi connectivity index (χ1v) is 10.8. The van der Waals surface area contributed by atoms with Crippen molar-refractivity contribution < 1.29 is 18.8 Å². The normalized spacial score (nSPS) is 22.9. The number of piperidine rings is 1. The van der Waals surface area contributed by atoms with Crippen LogP contribution in [0.2, 0.25) is 0 Å². The molecule has 1 saturated heterocycles. The van der Waals surface area contributed by atoms with Crippen LogP contribution in [0.15, 0.2) is 52.8 Å². The molecule has 6 heteroatoms. The fraction of sp³-hybridized carbons (Fsp3) is 0.500. The van der Waals surface area contributed by atoms with Gasteiger partial charge in [-0.1, -0.05) is 17.3 Å². The van der Waals surface area contributed by atoms with Gasteiger partial charge in [0, 0.05) is 31.4 Å². The number of carbonyl (C=O) groups excluding carboxylic acids is 1. The van der Waals surface area contributed by atoms with Gasteiger partial charge >= 0.3 is 0 Å². The van der Waals surface area contributed by atoms with E-state index in [0.29, 0.717) is 18.9 Å². The van der Waals surface area contributed by atoms with Gasteiger partial charge in [-0.15, -0.1) is 0 Å². The average Bonchev–Trinajstić information content (AvgIpc) is 3.22. The highest BCUT2D eigenvalue weighted by Crippen LogP contribution is 2.32. The number of hydrogen-bond acceptors (Lipinski definition) is 6. The molecule has 1 unspecified atom stereocenters. The molecule has 0 amide bonds. The molecule has 0 N–H and O–H groups in total. The molecule has 4 rings (SSSR count). The summed E-state index contributed by atoms with van der Waals surface area (Å²) in [5.74, 6) is 1.31. The van der Waals surface area contributed by atoms with Gasteiger partial charge in [0.05, 0.1) is 12.3 Å². The minimum absolute atomic E-state index is 0.0126. The lowest BCUT2D eigenvalue weighted by atomic mass is 9.90. The van der Waals surface area contributed by atoms with Crippen molar-refractivity contribution >= 4 is 16.8 Å². The summed E-state index contributed by atoms with van der Waals surface area (Å²) in [7, 11) is 1.57. The van der Waals surface area contributed by atoms with E-state index in [2.05, 4.69) is 16.1 Å². The summed E-state index contributed by atoms with van der Waals surface area (Å²) >= 11 is 0. The fourth-order valence-electron chi connectivity index (χ4n) is 4.38. The Balaban J connectivity index is 1.18.